The van der Waals surface area contributed by atoms with E-state index in [0.29, 0.717) is 22.5 Å². The van der Waals surface area contributed by atoms with E-state index < -0.39 is 9.84 Å². The van der Waals surface area contributed by atoms with Crippen LogP contribution in [0.5, 0.6) is 0 Å². The van der Waals surface area contributed by atoms with Crippen molar-refractivity contribution in [2.75, 3.05) is 11.5 Å². The van der Waals surface area contributed by atoms with Crippen LogP contribution in [0.25, 0.3) is 22.2 Å². The van der Waals surface area contributed by atoms with Crippen LogP contribution in [0.1, 0.15) is 16.8 Å². The molecule has 1 fully saturated rings. The highest BCUT2D eigenvalue weighted by Crippen LogP contribution is 2.31. The number of aromatic nitrogens is 2. The Labute approximate surface area is 155 Å². The molecule has 0 radical (unpaired) electrons. The molecule has 0 saturated carbocycles. The van der Waals surface area contributed by atoms with Crippen LogP contribution in [-0.4, -0.2) is 42.1 Å². The lowest BCUT2D eigenvalue weighted by Gasteiger charge is -2.10. The average Bonchev–Trinajstić information content (AvgIpc) is 3.17. The lowest BCUT2D eigenvalue weighted by atomic mass is 10.1. The number of fused-ring (bicyclic) bond motifs is 1. The number of aromatic amines is 1. The van der Waals surface area contributed by atoms with E-state index in [-0.39, 0.29) is 23.5 Å². The Hall–Kier alpha value is -2.38. The van der Waals surface area contributed by atoms with Crippen LogP contribution < -0.4 is 5.32 Å². The Morgan fingerprint density at radius 1 is 1.23 bits per heavy atom. The van der Waals surface area contributed by atoms with Crippen molar-refractivity contribution in [3.8, 4) is 11.3 Å². The fourth-order valence-electron chi connectivity index (χ4n) is 3.20. The molecule has 1 unspecified atom stereocenters. The molecule has 0 aliphatic carbocycles. The minimum atomic E-state index is -3.03. The summed E-state index contributed by atoms with van der Waals surface area (Å²) in [5.74, 6) is -0.164. The fourth-order valence-corrected chi connectivity index (χ4v) is 5.10. The predicted molar refractivity (Wildman–Crippen MR) is 101 cm³/mol. The lowest BCUT2D eigenvalue weighted by Crippen LogP contribution is -2.35. The number of amides is 1. The molecule has 0 bridgehead atoms. The maximum Gasteiger partial charge on any atom is 0.251 e. The van der Waals surface area contributed by atoms with Gasteiger partial charge in [0, 0.05) is 22.6 Å². The van der Waals surface area contributed by atoms with Gasteiger partial charge < -0.3 is 5.32 Å². The largest absolute Gasteiger partial charge is 0.348 e. The van der Waals surface area contributed by atoms with Crippen molar-refractivity contribution in [3.05, 3.63) is 53.1 Å². The fraction of sp³-hybridized carbons (Fsp3) is 0.222. The molecule has 2 aromatic carbocycles. The van der Waals surface area contributed by atoms with Crippen LogP contribution in [0.4, 0.5) is 0 Å². The molecule has 8 heteroatoms. The highest BCUT2D eigenvalue weighted by atomic mass is 35.5. The third kappa shape index (κ3) is 3.20. The van der Waals surface area contributed by atoms with Crippen molar-refractivity contribution < 1.29 is 13.2 Å². The second-order valence-electron chi connectivity index (χ2n) is 6.39. The van der Waals surface area contributed by atoms with Gasteiger partial charge in [-0.2, -0.15) is 5.10 Å². The van der Waals surface area contributed by atoms with E-state index in [0.717, 1.165) is 16.6 Å². The molecule has 26 heavy (non-hydrogen) atoms. The van der Waals surface area contributed by atoms with Crippen LogP contribution in [0.2, 0.25) is 5.02 Å². The maximum atomic E-state index is 12.4. The Morgan fingerprint density at radius 3 is 2.77 bits per heavy atom. The van der Waals surface area contributed by atoms with Crippen molar-refractivity contribution in [1.29, 1.82) is 0 Å². The van der Waals surface area contributed by atoms with Gasteiger partial charge in [0.25, 0.3) is 5.91 Å². The minimum Gasteiger partial charge on any atom is -0.348 e. The molecule has 0 spiro atoms. The number of carbonyl (C=O) groups is 1. The number of sulfone groups is 1. The van der Waals surface area contributed by atoms with Crippen LogP contribution in [-0.2, 0) is 9.84 Å². The highest BCUT2D eigenvalue weighted by molar-refractivity contribution is 7.91. The van der Waals surface area contributed by atoms with Crippen molar-refractivity contribution >= 4 is 38.2 Å². The predicted octanol–water partition coefficient (Wildman–Crippen LogP) is 2.80. The van der Waals surface area contributed by atoms with E-state index in [1.54, 1.807) is 18.2 Å². The zero-order valence-corrected chi connectivity index (χ0v) is 15.3. The first-order chi connectivity index (χ1) is 12.4. The van der Waals surface area contributed by atoms with Gasteiger partial charge in [-0.25, -0.2) is 8.42 Å². The lowest BCUT2D eigenvalue weighted by molar-refractivity contribution is 0.0941. The molecule has 1 aromatic heterocycles. The first-order valence-electron chi connectivity index (χ1n) is 8.17. The van der Waals surface area contributed by atoms with E-state index in [2.05, 4.69) is 15.5 Å². The van der Waals surface area contributed by atoms with E-state index in [9.17, 15) is 13.2 Å². The Bertz CT molecular complexity index is 1110. The topological polar surface area (TPSA) is 91.9 Å². The first kappa shape index (κ1) is 17.1. The maximum absolute atomic E-state index is 12.4. The van der Waals surface area contributed by atoms with E-state index in [1.165, 1.54) is 0 Å². The van der Waals surface area contributed by atoms with Gasteiger partial charge >= 0.3 is 0 Å². The summed E-state index contributed by atoms with van der Waals surface area (Å²) in [6.07, 6.45) is 0.455. The Kier molecular flexibility index (Phi) is 4.20. The molecule has 134 valence electrons. The zero-order valence-electron chi connectivity index (χ0n) is 13.7. The minimum absolute atomic E-state index is 0.00168. The summed E-state index contributed by atoms with van der Waals surface area (Å²) in [6, 6.07) is 12.3. The summed E-state index contributed by atoms with van der Waals surface area (Å²) >= 11 is 6.25. The molecular formula is C18H16ClN3O3S. The molecule has 1 amide bonds. The van der Waals surface area contributed by atoms with Crippen molar-refractivity contribution in [1.82, 2.24) is 15.5 Å². The number of hydrogen-bond donors (Lipinski definition) is 2. The standard InChI is InChI=1S/C18H16ClN3O3S/c19-15-4-2-1-3-13(15)17-14-6-5-11(9-16(14)21-22-17)18(23)20-12-7-8-26(24,25)10-12/h1-6,9,12H,7-8,10H2,(H,20,23)(H,21,22). The molecule has 1 atom stereocenters. The number of H-pyrrole nitrogens is 1. The van der Waals surface area contributed by atoms with Crippen LogP contribution in [0, 0.1) is 0 Å². The van der Waals surface area contributed by atoms with Gasteiger partial charge in [0.1, 0.15) is 5.69 Å². The van der Waals surface area contributed by atoms with E-state index in [4.69, 9.17) is 11.6 Å². The number of halogens is 1. The molecule has 4 rings (SSSR count). The van der Waals surface area contributed by atoms with Gasteiger partial charge in [-0.3, -0.25) is 9.89 Å². The van der Waals surface area contributed by atoms with Gasteiger partial charge in [0.2, 0.25) is 0 Å². The van der Waals surface area contributed by atoms with Crippen LogP contribution in [0.15, 0.2) is 42.5 Å². The van der Waals surface area contributed by atoms with Gasteiger partial charge in [-0.15, -0.1) is 0 Å². The summed E-state index contributed by atoms with van der Waals surface area (Å²) in [5, 5.41) is 11.5. The van der Waals surface area contributed by atoms with Crippen molar-refractivity contribution in [2.24, 2.45) is 0 Å². The first-order valence-corrected chi connectivity index (χ1v) is 10.4. The SMILES string of the molecule is O=C(NC1CCS(=O)(=O)C1)c1ccc2c(-c3ccccc3Cl)n[nH]c2c1. The molecule has 6 nitrogen and oxygen atoms in total. The molecule has 1 aliphatic rings. The Balaban J connectivity index is 1.61. The van der Waals surface area contributed by atoms with Gasteiger partial charge in [0.15, 0.2) is 9.84 Å². The Morgan fingerprint density at radius 2 is 2.04 bits per heavy atom. The normalized spacial score (nSPS) is 18.9. The van der Waals surface area contributed by atoms with E-state index in [1.807, 2.05) is 24.3 Å². The second kappa shape index (κ2) is 6.41. The molecule has 1 saturated heterocycles. The van der Waals surface area contributed by atoms with Gasteiger partial charge in [-0.05, 0) is 30.7 Å². The number of hydrogen-bond acceptors (Lipinski definition) is 4. The number of rotatable bonds is 3. The number of benzene rings is 2. The van der Waals surface area contributed by atoms with Gasteiger partial charge in [0.05, 0.1) is 22.0 Å². The number of carbonyl (C=O) groups excluding carboxylic acids is 1. The molecule has 2 heterocycles. The average molecular weight is 390 g/mol. The van der Waals surface area contributed by atoms with E-state index >= 15 is 0 Å². The van der Waals surface area contributed by atoms with Crippen molar-refractivity contribution in [3.63, 3.8) is 0 Å². The zero-order chi connectivity index (χ0) is 18.3. The number of nitrogens with zero attached hydrogens (tertiary/aromatic N) is 1. The summed E-state index contributed by atoms with van der Waals surface area (Å²) in [5.41, 5.74) is 2.70. The summed E-state index contributed by atoms with van der Waals surface area (Å²) < 4.78 is 23.0. The molecule has 1 aliphatic heterocycles. The second-order valence-corrected chi connectivity index (χ2v) is 9.02. The highest BCUT2D eigenvalue weighted by Gasteiger charge is 2.29. The summed E-state index contributed by atoms with van der Waals surface area (Å²) in [6.45, 7) is 0. The molecule has 3 aromatic rings. The van der Waals surface area contributed by atoms with Gasteiger partial charge in [-0.1, -0.05) is 29.8 Å². The van der Waals surface area contributed by atoms with Crippen LogP contribution in [0.3, 0.4) is 0 Å². The third-order valence-corrected chi connectivity index (χ3v) is 6.62. The third-order valence-electron chi connectivity index (χ3n) is 4.52. The number of nitrogens with one attached hydrogen (secondary N) is 2. The summed E-state index contributed by atoms with van der Waals surface area (Å²) in [7, 11) is -3.03. The van der Waals surface area contributed by atoms with Crippen LogP contribution >= 0.6 is 11.6 Å². The smallest absolute Gasteiger partial charge is 0.251 e. The summed E-state index contributed by atoms with van der Waals surface area (Å²) in [4.78, 5) is 12.4. The monoisotopic (exact) mass is 389 g/mol. The molecule has 2 N–H and O–H groups in total. The van der Waals surface area contributed by atoms with Crippen molar-refractivity contribution in [2.45, 2.75) is 12.5 Å². The quantitative estimate of drug-likeness (QED) is 0.720. The molecular weight excluding hydrogens is 374 g/mol.